The first-order valence-corrected chi connectivity index (χ1v) is 3.58. The van der Waals surface area contributed by atoms with Crippen LogP contribution in [0.5, 0.6) is 5.75 Å². The van der Waals surface area contributed by atoms with E-state index in [0.717, 1.165) is 6.07 Å². The molecule has 0 unspecified atom stereocenters. The number of ether oxygens (including phenoxy) is 1. The summed E-state index contributed by atoms with van der Waals surface area (Å²) in [4.78, 5) is 10.0. The van der Waals surface area contributed by atoms with Crippen molar-refractivity contribution in [3.63, 3.8) is 0 Å². The molecule has 0 aliphatic rings. The van der Waals surface area contributed by atoms with Crippen molar-refractivity contribution in [1.29, 1.82) is 0 Å². The Hall–Kier alpha value is -1.79. The third-order valence-corrected chi connectivity index (χ3v) is 1.45. The third-order valence-electron chi connectivity index (χ3n) is 1.45. The van der Waals surface area contributed by atoms with Gasteiger partial charge in [-0.1, -0.05) is 0 Å². The minimum atomic E-state index is -4.89. The van der Waals surface area contributed by atoms with Gasteiger partial charge in [0, 0.05) is 0 Å². The normalized spacial score (nSPS) is 11.2. The maximum Gasteiger partial charge on any atom is 0.511 e. The minimum absolute atomic E-state index is 0.281. The lowest BCUT2D eigenvalue weighted by Gasteiger charge is -2.08. The molecule has 0 bridgehead atoms. The van der Waals surface area contributed by atoms with Crippen LogP contribution in [0.3, 0.4) is 0 Å². The summed E-state index contributed by atoms with van der Waals surface area (Å²) >= 11 is 0. The number of hydrogen-bond acceptors (Lipinski definition) is 2. The summed E-state index contributed by atoms with van der Waals surface area (Å²) < 4.78 is 53.0. The van der Waals surface area contributed by atoms with E-state index in [4.69, 9.17) is 5.11 Å². The Bertz CT molecular complexity index is 386. The number of hydrogen-bond donors (Lipinski definition) is 1. The molecule has 15 heavy (non-hydrogen) atoms. The SMILES string of the molecule is O=C(O)Oc1ccc(F)c(C(F)(F)F)c1. The number of benzene rings is 1. The van der Waals surface area contributed by atoms with Gasteiger partial charge in [-0.25, -0.2) is 9.18 Å². The Morgan fingerprint density at radius 2 is 1.93 bits per heavy atom. The molecular formula is C8H4F4O3. The van der Waals surface area contributed by atoms with E-state index in [-0.39, 0.29) is 6.07 Å². The Labute approximate surface area is 80.9 Å². The molecular weight excluding hydrogens is 220 g/mol. The second kappa shape index (κ2) is 3.76. The predicted molar refractivity (Wildman–Crippen MR) is 40.1 cm³/mol. The van der Waals surface area contributed by atoms with Gasteiger partial charge in [0.2, 0.25) is 0 Å². The molecule has 0 radical (unpaired) electrons. The molecule has 0 saturated heterocycles. The quantitative estimate of drug-likeness (QED) is 0.453. The van der Waals surface area contributed by atoms with Crippen LogP contribution in [0.2, 0.25) is 0 Å². The molecule has 0 atom stereocenters. The molecule has 1 aromatic carbocycles. The fourth-order valence-corrected chi connectivity index (χ4v) is 0.886. The van der Waals surface area contributed by atoms with Crippen molar-refractivity contribution >= 4 is 6.16 Å². The Kier molecular flexibility index (Phi) is 2.83. The standard InChI is InChI=1S/C8H4F4O3/c9-6-2-1-4(15-7(13)14)3-5(6)8(10,11)12/h1-3H,(H,13,14). The van der Waals surface area contributed by atoms with Crippen molar-refractivity contribution in [2.24, 2.45) is 0 Å². The highest BCUT2D eigenvalue weighted by Gasteiger charge is 2.34. The molecule has 0 aliphatic heterocycles. The van der Waals surface area contributed by atoms with Gasteiger partial charge in [0.05, 0.1) is 5.56 Å². The molecule has 7 heteroatoms. The van der Waals surface area contributed by atoms with Crippen LogP contribution in [0.1, 0.15) is 5.56 Å². The van der Waals surface area contributed by atoms with E-state index in [1.807, 2.05) is 0 Å². The number of rotatable bonds is 1. The first kappa shape index (κ1) is 11.3. The van der Waals surface area contributed by atoms with Crippen LogP contribution in [0.25, 0.3) is 0 Å². The number of alkyl halides is 3. The van der Waals surface area contributed by atoms with Crippen LogP contribution < -0.4 is 4.74 Å². The molecule has 0 amide bonds. The average Bonchev–Trinajstić information content (AvgIpc) is 2.05. The van der Waals surface area contributed by atoms with Crippen molar-refractivity contribution < 1.29 is 32.2 Å². The van der Waals surface area contributed by atoms with Gasteiger partial charge in [-0.05, 0) is 18.2 Å². The van der Waals surface area contributed by atoms with E-state index in [2.05, 4.69) is 4.74 Å². The van der Waals surface area contributed by atoms with E-state index >= 15 is 0 Å². The molecule has 0 aromatic heterocycles. The van der Waals surface area contributed by atoms with Gasteiger partial charge in [0.1, 0.15) is 11.6 Å². The van der Waals surface area contributed by atoms with E-state index in [1.165, 1.54) is 0 Å². The van der Waals surface area contributed by atoms with Crippen molar-refractivity contribution in [2.75, 3.05) is 0 Å². The highest BCUT2D eigenvalue weighted by molar-refractivity contribution is 5.61. The largest absolute Gasteiger partial charge is 0.511 e. The molecule has 3 nitrogen and oxygen atoms in total. The molecule has 0 heterocycles. The van der Waals surface area contributed by atoms with Crippen molar-refractivity contribution in [2.45, 2.75) is 6.18 Å². The van der Waals surface area contributed by atoms with Gasteiger partial charge in [-0.15, -0.1) is 0 Å². The van der Waals surface area contributed by atoms with Gasteiger partial charge in [-0.2, -0.15) is 13.2 Å². The summed E-state index contributed by atoms with van der Waals surface area (Å²) in [5.41, 5.74) is -1.57. The maximum atomic E-state index is 12.7. The fraction of sp³-hybridized carbons (Fsp3) is 0.125. The molecule has 1 rings (SSSR count). The van der Waals surface area contributed by atoms with Crippen molar-refractivity contribution in [3.05, 3.63) is 29.6 Å². The molecule has 0 fully saturated rings. The third kappa shape index (κ3) is 2.83. The number of halogens is 4. The Balaban J connectivity index is 3.11. The van der Waals surface area contributed by atoms with Crippen LogP contribution in [-0.4, -0.2) is 11.3 Å². The highest BCUT2D eigenvalue weighted by Crippen LogP contribution is 2.33. The van der Waals surface area contributed by atoms with E-state index in [9.17, 15) is 22.4 Å². The second-order valence-corrected chi connectivity index (χ2v) is 2.51. The average molecular weight is 224 g/mol. The first-order chi connectivity index (χ1) is 6.80. The summed E-state index contributed by atoms with van der Waals surface area (Å²) in [5, 5.41) is 8.13. The zero-order chi connectivity index (χ0) is 11.6. The van der Waals surface area contributed by atoms with Crippen LogP contribution in [0, 0.1) is 5.82 Å². The zero-order valence-electron chi connectivity index (χ0n) is 7.01. The lowest BCUT2D eigenvalue weighted by molar-refractivity contribution is -0.140. The molecule has 1 N–H and O–H groups in total. The molecule has 82 valence electrons. The minimum Gasteiger partial charge on any atom is -0.449 e. The molecule has 0 aliphatic carbocycles. The van der Waals surface area contributed by atoms with Gasteiger partial charge in [-0.3, -0.25) is 0 Å². The summed E-state index contributed by atoms with van der Waals surface area (Å²) in [6.45, 7) is 0. The topological polar surface area (TPSA) is 46.5 Å². The molecule has 0 spiro atoms. The smallest absolute Gasteiger partial charge is 0.449 e. The van der Waals surface area contributed by atoms with Crippen molar-refractivity contribution in [1.82, 2.24) is 0 Å². The molecule has 1 aromatic rings. The lowest BCUT2D eigenvalue weighted by Crippen LogP contribution is -2.10. The molecule has 0 saturated carbocycles. The Morgan fingerprint density at radius 3 is 2.40 bits per heavy atom. The van der Waals surface area contributed by atoms with Crippen molar-refractivity contribution in [3.8, 4) is 5.75 Å². The van der Waals surface area contributed by atoms with Crippen LogP contribution in [-0.2, 0) is 6.18 Å². The second-order valence-electron chi connectivity index (χ2n) is 2.51. The van der Waals surface area contributed by atoms with Gasteiger partial charge in [0.15, 0.2) is 0 Å². The van der Waals surface area contributed by atoms with Crippen LogP contribution in [0.4, 0.5) is 22.4 Å². The highest BCUT2D eigenvalue weighted by atomic mass is 19.4. The summed E-state index contributed by atoms with van der Waals surface area (Å²) in [6, 6.07) is 1.56. The Morgan fingerprint density at radius 1 is 1.33 bits per heavy atom. The maximum absolute atomic E-state index is 12.7. The van der Waals surface area contributed by atoms with Gasteiger partial charge >= 0.3 is 12.3 Å². The zero-order valence-corrected chi connectivity index (χ0v) is 7.01. The monoisotopic (exact) mass is 224 g/mol. The fourth-order valence-electron chi connectivity index (χ4n) is 0.886. The predicted octanol–water partition coefficient (Wildman–Crippen LogP) is 2.90. The number of carbonyl (C=O) groups is 1. The summed E-state index contributed by atoms with van der Waals surface area (Å²) in [6.07, 6.45) is -6.66. The lowest BCUT2D eigenvalue weighted by atomic mass is 10.2. The van der Waals surface area contributed by atoms with E-state index in [1.54, 1.807) is 0 Å². The van der Waals surface area contributed by atoms with Gasteiger partial charge in [0.25, 0.3) is 0 Å². The summed E-state index contributed by atoms with van der Waals surface area (Å²) in [7, 11) is 0. The first-order valence-electron chi connectivity index (χ1n) is 3.58. The summed E-state index contributed by atoms with van der Waals surface area (Å²) in [5.74, 6) is -2.07. The van der Waals surface area contributed by atoms with Gasteiger partial charge < -0.3 is 9.84 Å². The number of carboxylic acid groups (broad SMARTS) is 1. The van der Waals surface area contributed by atoms with E-state index in [0.29, 0.717) is 6.07 Å². The van der Waals surface area contributed by atoms with E-state index < -0.39 is 29.5 Å². The van der Waals surface area contributed by atoms with Crippen LogP contribution >= 0.6 is 0 Å². The van der Waals surface area contributed by atoms with Crippen LogP contribution in [0.15, 0.2) is 18.2 Å².